The van der Waals surface area contributed by atoms with Crippen LogP contribution in [0.5, 0.6) is 0 Å². The summed E-state index contributed by atoms with van der Waals surface area (Å²) in [5.41, 5.74) is 2.46. The molecule has 0 bridgehead atoms. The lowest BCUT2D eigenvalue weighted by Crippen LogP contribution is -2.49. The first kappa shape index (κ1) is 17.8. The largest absolute Gasteiger partial charge is 0.340 e. The third-order valence-corrected chi connectivity index (χ3v) is 4.58. The average molecular weight is 375 g/mol. The predicted molar refractivity (Wildman–Crippen MR) is 107 cm³/mol. The molecule has 1 saturated heterocycles. The van der Waals surface area contributed by atoms with Crippen LogP contribution in [0.15, 0.2) is 55.1 Å². The second kappa shape index (κ2) is 7.99. The Labute approximate surface area is 163 Å². The molecule has 8 heteroatoms. The fourth-order valence-corrected chi connectivity index (χ4v) is 3.14. The van der Waals surface area contributed by atoms with Gasteiger partial charge in [0.2, 0.25) is 5.95 Å². The lowest BCUT2D eigenvalue weighted by Gasteiger charge is -2.34. The van der Waals surface area contributed by atoms with Gasteiger partial charge in [0.05, 0.1) is 0 Å². The van der Waals surface area contributed by atoms with Crippen molar-refractivity contribution in [2.45, 2.75) is 6.92 Å². The summed E-state index contributed by atoms with van der Waals surface area (Å²) in [4.78, 5) is 33.7. The topological polar surface area (TPSA) is 87.1 Å². The van der Waals surface area contributed by atoms with Crippen LogP contribution in [-0.2, 0) is 0 Å². The monoisotopic (exact) mass is 375 g/mol. The SMILES string of the molecule is Cc1cccc(Nc2cc(C(=O)N3CCN(c4ncccn4)CC3)ncn2)c1. The van der Waals surface area contributed by atoms with Crippen LogP contribution in [-0.4, -0.2) is 56.9 Å². The minimum Gasteiger partial charge on any atom is -0.340 e. The second-order valence-electron chi connectivity index (χ2n) is 6.61. The van der Waals surface area contributed by atoms with Gasteiger partial charge in [-0.15, -0.1) is 0 Å². The Morgan fingerprint density at radius 3 is 2.50 bits per heavy atom. The number of carbonyl (C=O) groups excluding carboxylic acids is 1. The van der Waals surface area contributed by atoms with Gasteiger partial charge >= 0.3 is 0 Å². The van der Waals surface area contributed by atoms with Crippen LogP contribution < -0.4 is 10.2 Å². The number of aromatic nitrogens is 4. The standard InChI is InChI=1S/C20H21N7O/c1-15-4-2-5-16(12-15)25-18-13-17(23-14-24-18)19(28)26-8-10-27(11-9-26)20-21-6-3-7-22-20/h2-7,12-14H,8-11H2,1H3,(H,23,24,25). The highest BCUT2D eigenvalue weighted by Crippen LogP contribution is 2.17. The Kier molecular flexibility index (Phi) is 5.09. The van der Waals surface area contributed by atoms with Gasteiger partial charge in [0.15, 0.2) is 0 Å². The van der Waals surface area contributed by atoms with E-state index in [1.165, 1.54) is 6.33 Å². The van der Waals surface area contributed by atoms with Crippen molar-refractivity contribution in [1.29, 1.82) is 0 Å². The number of hydrogen-bond donors (Lipinski definition) is 1. The van der Waals surface area contributed by atoms with Crippen LogP contribution in [0.3, 0.4) is 0 Å². The fraction of sp³-hybridized carbons (Fsp3) is 0.250. The minimum absolute atomic E-state index is 0.0941. The second-order valence-corrected chi connectivity index (χ2v) is 6.61. The molecule has 0 atom stereocenters. The third kappa shape index (κ3) is 4.06. The highest BCUT2D eigenvalue weighted by molar-refractivity contribution is 5.93. The van der Waals surface area contributed by atoms with E-state index in [2.05, 4.69) is 30.2 Å². The maximum absolute atomic E-state index is 12.9. The number of hydrogen-bond acceptors (Lipinski definition) is 7. The number of benzene rings is 1. The van der Waals surface area contributed by atoms with Crippen molar-refractivity contribution in [1.82, 2.24) is 24.8 Å². The number of piperazine rings is 1. The molecule has 3 aromatic rings. The number of amides is 1. The number of carbonyl (C=O) groups is 1. The summed E-state index contributed by atoms with van der Waals surface area (Å²) < 4.78 is 0. The average Bonchev–Trinajstić information content (AvgIpc) is 2.74. The zero-order valence-electron chi connectivity index (χ0n) is 15.6. The summed E-state index contributed by atoms with van der Waals surface area (Å²) >= 11 is 0. The molecule has 1 aliphatic heterocycles. The molecular formula is C20H21N7O. The van der Waals surface area contributed by atoms with E-state index in [1.54, 1.807) is 29.4 Å². The van der Waals surface area contributed by atoms with Gasteiger partial charge in [-0.2, -0.15) is 0 Å². The Balaban J connectivity index is 1.41. The van der Waals surface area contributed by atoms with E-state index in [-0.39, 0.29) is 5.91 Å². The molecule has 3 heterocycles. The van der Waals surface area contributed by atoms with Crippen LogP contribution in [0.2, 0.25) is 0 Å². The lowest BCUT2D eigenvalue weighted by atomic mass is 10.2. The van der Waals surface area contributed by atoms with Crippen LogP contribution in [0.25, 0.3) is 0 Å². The van der Waals surface area contributed by atoms with Crippen molar-refractivity contribution in [2.75, 3.05) is 36.4 Å². The molecule has 28 heavy (non-hydrogen) atoms. The summed E-state index contributed by atoms with van der Waals surface area (Å²) in [6.07, 6.45) is 4.87. The van der Waals surface area contributed by atoms with E-state index in [9.17, 15) is 4.79 Å². The molecule has 1 fully saturated rings. The lowest BCUT2D eigenvalue weighted by molar-refractivity contribution is 0.0740. The summed E-state index contributed by atoms with van der Waals surface area (Å²) in [5, 5.41) is 3.22. The van der Waals surface area contributed by atoms with E-state index in [0.29, 0.717) is 43.6 Å². The number of nitrogens with one attached hydrogen (secondary N) is 1. The number of aryl methyl sites for hydroxylation is 1. The zero-order valence-corrected chi connectivity index (χ0v) is 15.6. The van der Waals surface area contributed by atoms with Crippen molar-refractivity contribution in [2.24, 2.45) is 0 Å². The zero-order chi connectivity index (χ0) is 19.3. The third-order valence-electron chi connectivity index (χ3n) is 4.58. The molecule has 0 saturated carbocycles. The van der Waals surface area contributed by atoms with E-state index in [1.807, 2.05) is 31.2 Å². The molecule has 1 aromatic carbocycles. The van der Waals surface area contributed by atoms with Crippen molar-refractivity contribution < 1.29 is 4.79 Å². The molecule has 1 amide bonds. The van der Waals surface area contributed by atoms with Crippen molar-refractivity contribution in [3.63, 3.8) is 0 Å². The fourth-order valence-electron chi connectivity index (χ4n) is 3.14. The highest BCUT2D eigenvalue weighted by atomic mass is 16.2. The number of rotatable bonds is 4. The van der Waals surface area contributed by atoms with E-state index < -0.39 is 0 Å². The maximum atomic E-state index is 12.9. The molecule has 0 radical (unpaired) electrons. The maximum Gasteiger partial charge on any atom is 0.272 e. The molecule has 1 aliphatic rings. The summed E-state index contributed by atoms with van der Waals surface area (Å²) in [6.45, 7) is 4.61. The molecule has 2 aromatic heterocycles. The summed E-state index contributed by atoms with van der Waals surface area (Å²) in [7, 11) is 0. The van der Waals surface area contributed by atoms with Crippen molar-refractivity contribution >= 4 is 23.4 Å². The first-order chi connectivity index (χ1) is 13.7. The van der Waals surface area contributed by atoms with Crippen LogP contribution >= 0.6 is 0 Å². The first-order valence-electron chi connectivity index (χ1n) is 9.16. The van der Waals surface area contributed by atoms with Gasteiger partial charge in [-0.3, -0.25) is 4.79 Å². The van der Waals surface area contributed by atoms with Gasteiger partial charge in [0, 0.05) is 50.3 Å². The van der Waals surface area contributed by atoms with Gasteiger partial charge in [-0.25, -0.2) is 19.9 Å². The van der Waals surface area contributed by atoms with Crippen LogP contribution in [0.4, 0.5) is 17.5 Å². The first-order valence-corrected chi connectivity index (χ1v) is 9.16. The molecule has 1 N–H and O–H groups in total. The van der Waals surface area contributed by atoms with Crippen LogP contribution in [0, 0.1) is 6.92 Å². The van der Waals surface area contributed by atoms with E-state index in [0.717, 1.165) is 11.3 Å². The highest BCUT2D eigenvalue weighted by Gasteiger charge is 2.24. The molecular weight excluding hydrogens is 354 g/mol. The minimum atomic E-state index is -0.0941. The van der Waals surface area contributed by atoms with Gasteiger partial charge in [-0.05, 0) is 30.7 Å². The van der Waals surface area contributed by atoms with Gasteiger partial charge < -0.3 is 15.1 Å². The Morgan fingerprint density at radius 2 is 1.75 bits per heavy atom. The normalized spacial score (nSPS) is 14.0. The van der Waals surface area contributed by atoms with Gasteiger partial charge in [0.1, 0.15) is 17.8 Å². The quantitative estimate of drug-likeness (QED) is 0.748. The van der Waals surface area contributed by atoms with Crippen LogP contribution in [0.1, 0.15) is 16.1 Å². The number of anilines is 3. The Morgan fingerprint density at radius 1 is 0.964 bits per heavy atom. The smallest absolute Gasteiger partial charge is 0.272 e. The molecule has 0 spiro atoms. The van der Waals surface area contributed by atoms with Crippen molar-refractivity contribution in [3.05, 3.63) is 66.4 Å². The molecule has 0 unspecified atom stereocenters. The Hall–Kier alpha value is -3.55. The summed E-state index contributed by atoms with van der Waals surface area (Å²) in [6, 6.07) is 11.5. The molecule has 8 nitrogen and oxygen atoms in total. The number of nitrogens with zero attached hydrogens (tertiary/aromatic N) is 6. The molecule has 142 valence electrons. The molecule has 4 rings (SSSR count). The van der Waals surface area contributed by atoms with Gasteiger partial charge in [-0.1, -0.05) is 12.1 Å². The molecule has 0 aliphatic carbocycles. The van der Waals surface area contributed by atoms with Crippen molar-refractivity contribution in [3.8, 4) is 0 Å². The van der Waals surface area contributed by atoms with E-state index >= 15 is 0 Å². The Bertz CT molecular complexity index is 956. The summed E-state index contributed by atoms with van der Waals surface area (Å²) in [5.74, 6) is 1.20. The van der Waals surface area contributed by atoms with Gasteiger partial charge in [0.25, 0.3) is 5.91 Å². The van der Waals surface area contributed by atoms with E-state index in [4.69, 9.17) is 0 Å². The predicted octanol–water partition coefficient (Wildman–Crippen LogP) is 2.28.